The SMILES string of the molecule is O=C(O)c1cn(C2CC2)c2nc(N3CCN(C(c4ccccc4)c4ccc(Cl)cc4)CC3)c([N+](=O)[O-])cc2c1=O. The molecule has 2 aromatic heterocycles. The van der Waals surface area contributed by atoms with E-state index in [0.29, 0.717) is 31.2 Å². The number of aromatic carboxylic acids is 1. The Kier molecular flexibility index (Phi) is 6.73. The van der Waals surface area contributed by atoms with Gasteiger partial charge in [-0.25, -0.2) is 9.78 Å². The summed E-state index contributed by atoms with van der Waals surface area (Å²) in [4.78, 5) is 45.1. The maximum atomic E-state index is 13.0. The van der Waals surface area contributed by atoms with E-state index in [1.54, 1.807) is 4.57 Å². The van der Waals surface area contributed by atoms with Crippen molar-refractivity contribution in [3.8, 4) is 0 Å². The van der Waals surface area contributed by atoms with Gasteiger partial charge >= 0.3 is 11.7 Å². The molecule has 2 aliphatic rings. The lowest BCUT2D eigenvalue weighted by Gasteiger charge is -2.40. The van der Waals surface area contributed by atoms with E-state index in [9.17, 15) is 24.8 Å². The maximum Gasteiger partial charge on any atom is 0.341 e. The molecule has 4 aromatic rings. The number of carboxylic acids is 1. The predicted molar refractivity (Wildman–Crippen MR) is 151 cm³/mol. The number of halogens is 1. The smallest absolute Gasteiger partial charge is 0.341 e. The van der Waals surface area contributed by atoms with Gasteiger partial charge in [0.25, 0.3) is 0 Å². The molecule has 11 heteroatoms. The molecule has 1 atom stereocenters. The van der Waals surface area contributed by atoms with Crippen molar-refractivity contribution in [2.24, 2.45) is 0 Å². The highest BCUT2D eigenvalue weighted by molar-refractivity contribution is 6.30. The number of rotatable bonds is 7. The maximum absolute atomic E-state index is 13.0. The normalized spacial score (nSPS) is 16.7. The van der Waals surface area contributed by atoms with E-state index >= 15 is 0 Å². The standard InChI is InChI=1S/C29H26ClN5O5/c30-20-8-6-19(7-9-20)25(18-4-2-1-3-5-18)32-12-14-33(15-13-32)28-24(35(39)40)16-22-26(36)23(29(37)38)17-34(21-10-11-21)27(22)31-28/h1-9,16-17,21,25H,10-15H2,(H,37,38). The van der Waals surface area contributed by atoms with Crippen molar-refractivity contribution in [1.29, 1.82) is 0 Å². The highest BCUT2D eigenvalue weighted by atomic mass is 35.5. The largest absolute Gasteiger partial charge is 0.477 e. The van der Waals surface area contributed by atoms with Gasteiger partial charge in [-0.2, -0.15) is 0 Å². The zero-order valence-electron chi connectivity index (χ0n) is 21.4. The number of nitrogens with zero attached hydrogens (tertiary/aromatic N) is 5. The van der Waals surface area contributed by atoms with Crippen molar-refractivity contribution in [1.82, 2.24) is 14.5 Å². The number of hydrogen-bond acceptors (Lipinski definition) is 7. The third-order valence-electron chi connectivity index (χ3n) is 7.61. The number of carboxylic acid groups (broad SMARTS) is 1. The molecule has 3 heterocycles. The van der Waals surface area contributed by atoms with Gasteiger partial charge in [0.1, 0.15) is 11.2 Å². The molecule has 204 valence electrons. The fourth-order valence-corrected chi connectivity index (χ4v) is 5.61. The Morgan fingerprint density at radius 3 is 2.27 bits per heavy atom. The average molecular weight is 560 g/mol. The van der Waals surface area contributed by atoms with E-state index < -0.39 is 21.9 Å². The third kappa shape index (κ3) is 4.80. The van der Waals surface area contributed by atoms with Crippen LogP contribution in [-0.2, 0) is 0 Å². The van der Waals surface area contributed by atoms with Crippen LogP contribution in [0.2, 0.25) is 5.02 Å². The summed E-state index contributed by atoms with van der Waals surface area (Å²) in [5, 5.41) is 22.3. The minimum atomic E-state index is -1.36. The number of carbonyl (C=O) groups is 1. The van der Waals surface area contributed by atoms with Crippen molar-refractivity contribution >= 4 is 40.1 Å². The molecule has 0 amide bonds. The van der Waals surface area contributed by atoms with Crippen LogP contribution in [0.15, 0.2) is 71.7 Å². The lowest BCUT2D eigenvalue weighted by atomic mass is 9.96. The topological polar surface area (TPSA) is 122 Å². The number of anilines is 1. The van der Waals surface area contributed by atoms with Crippen molar-refractivity contribution in [2.45, 2.75) is 24.9 Å². The van der Waals surface area contributed by atoms with E-state index in [0.717, 1.165) is 24.0 Å². The molecule has 1 saturated carbocycles. The summed E-state index contributed by atoms with van der Waals surface area (Å²) in [6, 6.07) is 19.1. The zero-order chi connectivity index (χ0) is 28.0. The van der Waals surface area contributed by atoms with E-state index in [2.05, 4.69) is 22.0 Å². The van der Waals surface area contributed by atoms with Crippen LogP contribution in [0, 0.1) is 10.1 Å². The van der Waals surface area contributed by atoms with Crippen LogP contribution >= 0.6 is 11.6 Å². The van der Waals surface area contributed by atoms with Crippen LogP contribution < -0.4 is 10.3 Å². The summed E-state index contributed by atoms with van der Waals surface area (Å²) in [6.07, 6.45) is 2.98. The molecule has 1 unspecified atom stereocenters. The molecule has 6 rings (SSSR count). The highest BCUT2D eigenvalue weighted by Gasteiger charge is 2.33. The summed E-state index contributed by atoms with van der Waals surface area (Å²) in [5.74, 6) is -1.17. The molecule has 2 aromatic carbocycles. The number of benzene rings is 2. The zero-order valence-corrected chi connectivity index (χ0v) is 22.2. The fraction of sp³-hybridized carbons (Fsp3) is 0.276. The summed E-state index contributed by atoms with van der Waals surface area (Å²) >= 11 is 6.15. The highest BCUT2D eigenvalue weighted by Crippen LogP contribution is 2.39. The van der Waals surface area contributed by atoms with Gasteiger partial charge in [-0.05, 0) is 36.1 Å². The van der Waals surface area contributed by atoms with E-state index in [1.807, 2.05) is 47.4 Å². The number of hydrogen-bond donors (Lipinski definition) is 1. The molecular weight excluding hydrogens is 534 g/mol. The number of pyridine rings is 2. The fourth-order valence-electron chi connectivity index (χ4n) is 5.49. The summed E-state index contributed by atoms with van der Waals surface area (Å²) in [5.41, 5.74) is 1.03. The van der Waals surface area contributed by atoms with Gasteiger partial charge in [0, 0.05) is 49.5 Å². The summed E-state index contributed by atoms with van der Waals surface area (Å²) < 4.78 is 1.69. The number of piperazine rings is 1. The van der Waals surface area contributed by atoms with Crippen LogP contribution in [0.1, 0.15) is 46.4 Å². The van der Waals surface area contributed by atoms with Gasteiger partial charge < -0.3 is 14.6 Å². The van der Waals surface area contributed by atoms with Crippen LogP contribution in [-0.4, -0.2) is 56.6 Å². The van der Waals surface area contributed by atoms with Crippen LogP contribution in [0.25, 0.3) is 11.0 Å². The van der Waals surface area contributed by atoms with Gasteiger partial charge in [0.15, 0.2) is 0 Å². The molecule has 0 bridgehead atoms. The first kappa shape index (κ1) is 26.0. The number of aromatic nitrogens is 2. The predicted octanol–water partition coefficient (Wildman–Crippen LogP) is 4.90. The second-order valence-electron chi connectivity index (χ2n) is 10.2. The minimum absolute atomic E-state index is 0.0188. The molecular formula is C29H26ClN5O5. The van der Waals surface area contributed by atoms with Crippen molar-refractivity contribution in [2.75, 3.05) is 31.1 Å². The molecule has 40 heavy (non-hydrogen) atoms. The van der Waals surface area contributed by atoms with E-state index in [1.165, 1.54) is 12.3 Å². The molecule has 1 aliphatic heterocycles. The Balaban J connectivity index is 1.36. The van der Waals surface area contributed by atoms with Crippen molar-refractivity contribution < 1.29 is 14.8 Å². The van der Waals surface area contributed by atoms with Crippen LogP contribution in [0.3, 0.4) is 0 Å². The monoisotopic (exact) mass is 559 g/mol. The summed E-state index contributed by atoms with van der Waals surface area (Å²) in [6.45, 7) is 2.20. The van der Waals surface area contributed by atoms with Gasteiger partial charge in [-0.3, -0.25) is 19.8 Å². The van der Waals surface area contributed by atoms with Crippen LogP contribution in [0.4, 0.5) is 11.5 Å². The average Bonchev–Trinajstić information content (AvgIpc) is 3.80. The lowest BCUT2D eigenvalue weighted by Crippen LogP contribution is -2.48. The number of nitro groups is 1. The molecule has 1 saturated heterocycles. The summed E-state index contributed by atoms with van der Waals surface area (Å²) in [7, 11) is 0. The first-order valence-electron chi connectivity index (χ1n) is 13.1. The Morgan fingerprint density at radius 1 is 1.02 bits per heavy atom. The van der Waals surface area contributed by atoms with E-state index in [-0.39, 0.29) is 34.6 Å². The first-order valence-corrected chi connectivity index (χ1v) is 13.5. The van der Waals surface area contributed by atoms with Gasteiger partial charge in [-0.1, -0.05) is 54.1 Å². The lowest BCUT2D eigenvalue weighted by molar-refractivity contribution is -0.384. The minimum Gasteiger partial charge on any atom is -0.477 e. The molecule has 0 radical (unpaired) electrons. The van der Waals surface area contributed by atoms with E-state index in [4.69, 9.17) is 11.6 Å². The first-order chi connectivity index (χ1) is 19.3. The van der Waals surface area contributed by atoms with Gasteiger partial charge in [-0.15, -0.1) is 0 Å². The van der Waals surface area contributed by atoms with Crippen molar-refractivity contribution in [3.05, 3.63) is 109 Å². The third-order valence-corrected chi connectivity index (χ3v) is 7.86. The second-order valence-corrected chi connectivity index (χ2v) is 10.6. The van der Waals surface area contributed by atoms with Gasteiger partial charge in [0.2, 0.25) is 11.2 Å². The molecule has 1 N–H and O–H groups in total. The molecule has 1 aliphatic carbocycles. The quantitative estimate of drug-likeness (QED) is 0.250. The Bertz CT molecular complexity index is 1660. The Hall–Kier alpha value is -4.28. The number of fused-ring (bicyclic) bond motifs is 1. The molecule has 10 nitrogen and oxygen atoms in total. The Labute approximate surface area is 234 Å². The molecule has 2 fully saturated rings. The van der Waals surface area contributed by atoms with Crippen LogP contribution in [0.5, 0.6) is 0 Å². The second kappa shape index (κ2) is 10.4. The molecule has 0 spiro atoms. The van der Waals surface area contributed by atoms with Crippen molar-refractivity contribution in [3.63, 3.8) is 0 Å². The Morgan fingerprint density at radius 2 is 1.68 bits per heavy atom. The van der Waals surface area contributed by atoms with Gasteiger partial charge in [0.05, 0.1) is 16.4 Å².